The number of hydrogen-bond acceptors (Lipinski definition) is 7. The minimum absolute atomic E-state index is 0.133. The highest BCUT2D eigenvalue weighted by Crippen LogP contribution is 2.34. The van der Waals surface area contributed by atoms with Crippen LogP contribution in [0.15, 0.2) is 36.7 Å². The van der Waals surface area contributed by atoms with Crippen molar-refractivity contribution in [3.05, 3.63) is 48.0 Å². The van der Waals surface area contributed by atoms with Crippen molar-refractivity contribution in [1.29, 1.82) is 0 Å². The molecule has 0 saturated heterocycles. The van der Waals surface area contributed by atoms with Crippen LogP contribution < -0.4 is 15.8 Å². The third-order valence-electron chi connectivity index (χ3n) is 4.80. The van der Waals surface area contributed by atoms with Crippen LogP contribution in [0, 0.1) is 12.7 Å². The van der Waals surface area contributed by atoms with E-state index in [0.717, 1.165) is 22.9 Å². The summed E-state index contributed by atoms with van der Waals surface area (Å²) in [6.45, 7) is 1.94. The van der Waals surface area contributed by atoms with Crippen molar-refractivity contribution in [2.45, 2.75) is 38.4 Å². The van der Waals surface area contributed by atoms with Gasteiger partial charge in [0, 0.05) is 23.6 Å². The van der Waals surface area contributed by atoms with E-state index in [-0.39, 0.29) is 18.0 Å². The molecule has 8 heteroatoms. The second-order valence-corrected chi connectivity index (χ2v) is 6.93. The fourth-order valence-corrected chi connectivity index (χ4v) is 3.54. The predicted molar refractivity (Wildman–Crippen MR) is 118 cm³/mol. The van der Waals surface area contributed by atoms with Gasteiger partial charge in [0.2, 0.25) is 0 Å². The van der Waals surface area contributed by atoms with Crippen molar-refractivity contribution in [3.8, 4) is 5.75 Å². The quantitative estimate of drug-likeness (QED) is 0.375. The lowest BCUT2D eigenvalue weighted by Gasteiger charge is -2.18. The van der Waals surface area contributed by atoms with Crippen LogP contribution in [-0.4, -0.2) is 33.5 Å². The number of aromatic nitrogens is 2. The Hall–Kier alpha value is -2.58. The van der Waals surface area contributed by atoms with Crippen molar-refractivity contribution in [1.82, 2.24) is 9.97 Å². The Balaban J connectivity index is 0.00000117. The molecule has 0 spiro atoms. The van der Waals surface area contributed by atoms with Crippen LogP contribution in [-0.2, 0) is 0 Å². The van der Waals surface area contributed by atoms with Gasteiger partial charge >= 0.3 is 0 Å². The van der Waals surface area contributed by atoms with E-state index in [0.29, 0.717) is 35.8 Å². The number of fused-ring (bicyclic) bond motifs is 1. The smallest absolute Gasteiger partial charge is 0.146 e. The molecule has 4 N–H and O–H groups in total. The Morgan fingerprint density at radius 1 is 1.21 bits per heavy atom. The second kappa shape index (κ2) is 9.28. The first-order valence-electron chi connectivity index (χ1n) is 9.36. The molecule has 6 nitrogen and oxygen atoms in total. The Kier molecular flexibility index (Phi) is 6.76. The number of anilines is 3. The van der Waals surface area contributed by atoms with Crippen molar-refractivity contribution in [3.63, 3.8) is 0 Å². The molecule has 0 bridgehead atoms. The lowest BCUT2D eigenvalue weighted by atomic mass is 10.1. The summed E-state index contributed by atoms with van der Waals surface area (Å²) in [7, 11) is 0. The maximum Gasteiger partial charge on any atom is 0.146 e. The van der Waals surface area contributed by atoms with Gasteiger partial charge in [0.25, 0.3) is 0 Å². The zero-order valence-corrected chi connectivity index (χ0v) is 17.3. The fraction of sp³-hybridized carbons (Fsp3) is 0.333. The SMILES string of the molecule is CS.Cc1cc(N)cc2ncnc(Nc3ccc(F)cc3OC3CCC(O)C3)c12. The maximum atomic E-state index is 13.8. The number of halogens is 1. The number of rotatable bonds is 4. The van der Waals surface area contributed by atoms with Gasteiger partial charge in [-0.2, -0.15) is 12.6 Å². The average Bonchev–Trinajstić information content (AvgIpc) is 3.10. The molecular formula is C21H25FN4O2S. The Morgan fingerprint density at radius 3 is 2.72 bits per heavy atom. The normalized spacial score (nSPS) is 18.2. The molecule has 1 aliphatic rings. The van der Waals surface area contributed by atoms with Crippen molar-refractivity contribution >= 4 is 40.7 Å². The number of aliphatic hydroxyl groups excluding tert-OH is 1. The number of benzene rings is 2. The van der Waals surface area contributed by atoms with Crippen LogP contribution >= 0.6 is 12.6 Å². The third kappa shape index (κ3) is 4.89. The highest BCUT2D eigenvalue weighted by molar-refractivity contribution is 7.79. The summed E-state index contributed by atoms with van der Waals surface area (Å²) in [5, 5.41) is 13.8. The molecule has 29 heavy (non-hydrogen) atoms. The van der Waals surface area contributed by atoms with Gasteiger partial charge < -0.3 is 20.9 Å². The van der Waals surface area contributed by atoms with E-state index in [1.165, 1.54) is 18.5 Å². The van der Waals surface area contributed by atoms with Gasteiger partial charge in [-0.15, -0.1) is 0 Å². The first-order valence-corrected chi connectivity index (χ1v) is 10.3. The summed E-state index contributed by atoms with van der Waals surface area (Å²) in [4.78, 5) is 8.63. The Morgan fingerprint density at radius 2 is 2.00 bits per heavy atom. The first kappa shape index (κ1) is 21.1. The van der Waals surface area contributed by atoms with Crippen LogP contribution in [0.4, 0.5) is 21.6 Å². The number of nitrogen functional groups attached to an aromatic ring is 1. The summed E-state index contributed by atoms with van der Waals surface area (Å²) in [5.41, 5.74) is 8.82. The highest BCUT2D eigenvalue weighted by Gasteiger charge is 2.25. The molecule has 154 valence electrons. The molecule has 2 aromatic carbocycles. The Bertz CT molecular complexity index is 1000. The molecule has 1 heterocycles. The number of thiol groups is 1. The number of nitrogens with one attached hydrogen (secondary N) is 1. The van der Waals surface area contributed by atoms with E-state index < -0.39 is 0 Å². The molecule has 1 saturated carbocycles. The van der Waals surface area contributed by atoms with E-state index >= 15 is 0 Å². The predicted octanol–water partition coefficient (Wildman–Crippen LogP) is 4.24. The highest BCUT2D eigenvalue weighted by atomic mass is 32.1. The zero-order chi connectivity index (χ0) is 21.0. The molecule has 2 atom stereocenters. The van der Waals surface area contributed by atoms with Crippen molar-refractivity contribution < 1.29 is 14.2 Å². The van der Waals surface area contributed by atoms with E-state index in [2.05, 4.69) is 27.9 Å². The van der Waals surface area contributed by atoms with Gasteiger partial charge in [-0.05, 0) is 55.9 Å². The molecule has 0 radical (unpaired) electrons. The molecule has 4 rings (SSSR count). The van der Waals surface area contributed by atoms with Gasteiger partial charge in [0.1, 0.15) is 29.8 Å². The van der Waals surface area contributed by atoms with E-state index in [9.17, 15) is 9.50 Å². The van der Waals surface area contributed by atoms with Crippen LogP contribution in [0.2, 0.25) is 0 Å². The van der Waals surface area contributed by atoms with Crippen LogP contribution in [0.3, 0.4) is 0 Å². The lowest BCUT2D eigenvalue weighted by molar-refractivity contribution is 0.150. The van der Waals surface area contributed by atoms with Gasteiger partial charge in [0.05, 0.1) is 17.3 Å². The third-order valence-corrected chi connectivity index (χ3v) is 4.80. The Labute approximate surface area is 174 Å². The molecule has 2 unspecified atom stereocenters. The van der Waals surface area contributed by atoms with Crippen molar-refractivity contribution in [2.75, 3.05) is 17.3 Å². The van der Waals surface area contributed by atoms with Crippen molar-refractivity contribution in [2.24, 2.45) is 0 Å². The van der Waals surface area contributed by atoms with E-state index in [4.69, 9.17) is 10.5 Å². The minimum Gasteiger partial charge on any atom is -0.488 e. The summed E-state index contributed by atoms with van der Waals surface area (Å²) < 4.78 is 19.8. The monoisotopic (exact) mass is 416 g/mol. The molecular weight excluding hydrogens is 391 g/mol. The number of nitrogens with zero attached hydrogens (tertiary/aromatic N) is 2. The number of aryl methyl sites for hydroxylation is 1. The number of ether oxygens (including phenoxy) is 1. The van der Waals surface area contributed by atoms with E-state index in [1.807, 2.05) is 13.0 Å². The maximum absolute atomic E-state index is 13.8. The average molecular weight is 417 g/mol. The van der Waals surface area contributed by atoms with Crippen LogP contribution in [0.25, 0.3) is 10.9 Å². The van der Waals surface area contributed by atoms with Crippen LogP contribution in [0.1, 0.15) is 24.8 Å². The second-order valence-electron chi connectivity index (χ2n) is 6.93. The van der Waals surface area contributed by atoms with Gasteiger partial charge in [-0.3, -0.25) is 0 Å². The first-order chi connectivity index (χ1) is 14.0. The zero-order valence-electron chi connectivity index (χ0n) is 16.4. The lowest BCUT2D eigenvalue weighted by Crippen LogP contribution is -2.14. The minimum atomic E-state index is -0.384. The molecule has 1 aromatic heterocycles. The molecule has 0 amide bonds. The largest absolute Gasteiger partial charge is 0.488 e. The summed E-state index contributed by atoms with van der Waals surface area (Å²) in [6, 6.07) is 7.99. The number of nitrogens with two attached hydrogens (primary N) is 1. The summed E-state index contributed by atoms with van der Waals surface area (Å²) in [5.74, 6) is 0.611. The number of hydrogen-bond donors (Lipinski definition) is 4. The van der Waals surface area contributed by atoms with Crippen LogP contribution in [0.5, 0.6) is 5.75 Å². The standard InChI is InChI=1S/C20H21FN4O2.CH4S/c1-11-6-13(22)8-17-19(11)20(24-10-23-17)25-16-5-2-12(21)7-18(16)27-15-4-3-14(26)9-15;1-2/h2,5-8,10,14-15,26H,3-4,9,22H2,1H3,(H,23,24,25);2H,1H3. The summed E-state index contributed by atoms with van der Waals surface area (Å²) >= 11 is 3.53. The molecule has 3 aromatic rings. The fourth-order valence-electron chi connectivity index (χ4n) is 3.54. The topological polar surface area (TPSA) is 93.3 Å². The molecule has 1 aliphatic carbocycles. The van der Waals surface area contributed by atoms with Gasteiger partial charge in [-0.1, -0.05) is 0 Å². The van der Waals surface area contributed by atoms with Gasteiger partial charge in [-0.25, -0.2) is 14.4 Å². The number of aliphatic hydroxyl groups is 1. The summed E-state index contributed by atoms with van der Waals surface area (Å²) in [6.07, 6.45) is 4.64. The van der Waals surface area contributed by atoms with Gasteiger partial charge in [0.15, 0.2) is 0 Å². The molecule has 1 fully saturated rings. The van der Waals surface area contributed by atoms with E-state index in [1.54, 1.807) is 18.4 Å². The molecule has 0 aliphatic heterocycles.